The van der Waals surface area contributed by atoms with Gasteiger partial charge in [-0.1, -0.05) is 58.0 Å². The van der Waals surface area contributed by atoms with Gasteiger partial charge in [0.2, 0.25) is 0 Å². The van der Waals surface area contributed by atoms with Crippen molar-refractivity contribution in [2.45, 2.75) is 56.3 Å². The van der Waals surface area contributed by atoms with E-state index in [1.165, 1.54) is 36.6 Å². The molecule has 1 aliphatic heterocycles. The summed E-state index contributed by atoms with van der Waals surface area (Å²) in [7, 11) is 1.41. The third kappa shape index (κ3) is 3.40. The number of benzene rings is 2. The molecule has 2 aromatic carbocycles. The fourth-order valence-electron chi connectivity index (χ4n) is 4.65. The van der Waals surface area contributed by atoms with E-state index in [-0.39, 0.29) is 16.8 Å². The Kier molecular flexibility index (Phi) is 5.07. The highest BCUT2D eigenvalue weighted by Crippen LogP contribution is 2.51. The topological polar surface area (TPSA) is 35.5 Å². The van der Waals surface area contributed by atoms with Crippen LogP contribution in [0.1, 0.15) is 73.1 Å². The minimum Gasteiger partial charge on any atom is -0.465 e. The molecule has 29 heavy (non-hydrogen) atoms. The quantitative estimate of drug-likeness (QED) is 0.600. The molecule has 1 unspecified atom stereocenters. The molecule has 0 saturated carbocycles. The van der Waals surface area contributed by atoms with Crippen LogP contribution >= 0.6 is 11.8 Å². The zero-order valence-electron chi connectivity index (χ0n) is 18.0. The Morgan fingerprint density at radius 3 is 2.14 bits per heavy atom. The van der Waals surface area contributed by atoms with Crippen LogP contribution in [-0.4, -0.2) is 25.4 Å². The zero-order valence-corrected chi connectivity index (χ0v) is 18.8. The third-order valence-corrected chi connectivity index (χ3v) is 7.98. The second kappa shape index (κ2) is 7.17. The van der Waals surface area contributed by atoms with E-state index in [9.17, 15) is 4.79 Å². The maximum atomic E-state index is 11.8. The van der Waals surface area contributed by atoms with Gasteiger partial charge in [-0.3, -0.25) is 0 Å². The van der Waals surface area contributed by atoms with Crippen LogP contribution in [0, 0.1) is 0 Å². The highest BCUT2D eigenvalue weighted by molar-refractivity contribution is 8.00. The number of esters is 1. The number of methoxy groups -OCH3 is 1. The Morgan fingerprint density at radius 1 is 0.931 bits per heavy atom. The lowest BCUT2D eigenvalue weighted by Gasteiger charge is -2.43. The molecular weight excluding hydrogens is 380 g/mol. The van der Waals surface area contributed by atoms with Crippen LogP contribution in [0.2, 0.25) is 0 Å². The smallest absolute Gasteiger partial charge is 0.337 e. The van der Waals surface area contributed by atoms with Gasteiger partial charge in [-0.25, -0.2) is 4.79 Å². The predicted molar refractivity (Wildman–Crippen MR) is 119 cm³/mol. The summed E-state index contributed by atoms with van der Waals surface area (Å²) in [5.74, 6) is 0.633. The van der Waals surface area contributed by atoms with Gasteiger partial charge in [0.15, 0.2) is 4.93 Å². The van der Waals surface area contributed by atoms with Gasteiger partial charge in [-0.15, -0.1) is 11.8 Å². The fraction of sp³-hybridized carbons (Fsp3) is 0.480. The Balaban J connectivity index is 1.82. The van der Waals surface area contributed by atoms with Gasteiger partial charge in [0.25, 0.3) is 0 Å². The van der Waals surface area contributed by atoms with E-state index in [0.29, 0.717) is 5.56 Å². The zero-order chi connectivity index (χ0) is 20.9. The van der Waals surface area contributed by atoms with Crippen molar-refractivity contribution in [3.63, 3.8) is 0 Å². The molecule has 1 fully saturated rings. The van der Waals surface area contributed by atoms with E-state index in [2.05, 4.69) is 45.9 Å². The Hall–Kier alpha value is -1.78. The van der Waals surface area contributed by atoms with Gasteiger partial charge in [0.1, 0.15) is 0 Å². The summed E-state index contributed by atoms with van der Waals surface area (Å²) in [4.78, 5) is 11.3. The molecular formula is C25H30O3S. The minimum atomic E-state index is -0.526. The second-order valence-corrected chi connectivity index (χ2v) is 10.7. The van der Waals surface area contributed by atoms with Crippen LogP contribution in [0.25, 0.3) is 0 Å². The lowest BCUT2D eigenvalue weighted by atomic mass is 9.63. The molecule has 0 bridgehead atoms. The molecule has 0 radical (unpaired) electrons. The molecule has 4 heteroatoms. The molecule has 2 aliphatic rings. The summed E-state index contributed by atoms with van der Waals surface area (Å²) < 4.78 is 11.2. The maximum absolute atomic E-state index is 11.8. The average Bonchev–Trinajstić information content (AvgIpc) is 3.22. The maximum Gasteiger partial charge on any atom is 0.337 e. The van der Waals surface area contributed by atoms with Crippen LogP contribution in [0.4, 0.5) is 0 Å². The fourth-order valence-corrected chi connectivity index (χ4v) is 5.87. The van der Waals surface area contributed by atoms with E-state index in [1.54, 1.807) is 0 Å². The van der Waals surface area contributed by atoms with Gasteiger partial charge in [-0.2, -0.15) is 0 Å². The normalized spacial score (nSPS) is 24.7. The number of ether oxygens (including phenoxy) is 2. The monoisotopic (exact) mass is 410 g/mol. The minimum absolute atomic E-state index is 0.153. The summed E-state index contributed by atoms with van der Waals surface area (Å²) in [6, 6.07) is 14.6. The molecule has 154 valence electrons. The lowest BCUT2D eigenvalue weighted by molar-refractivity contribution is 0.0600. The molecule has 2 aromatic rings. The number of rotatable bonds is 3. The summed E-state index contributed by atoms with van der Waals surface area (Å²) >= 11 is 1.83. The standard InChI is InChI=1S/C25H30O3S/c1-23(2)12-13-24(3,4)21-16-19(10-11-20(21)23)25(28-14-15-29-25)18-8-6-17(7-9-18)22(26)27-5/h6-11,16H,12-15H2,1-5H3. The Labute approximate surface area is 178 Å². The molecule has 0 spiro atoms. The van der Waals surface area contributed by atoms with Gasteiger partial charge >= 0.3 is 5.97 Å². The number of carbonyl (C=O) groups is 1. The van der Waals surface area contributed by atoms with Gasteiger partial charge in [-0.05, 0) is 58.1 Å². The predicted octanol–water partition coefficient (Wildman–Crippen LogP) is 5.79. The summed E-state index contributed by atoms with van der Waals surface area (Å²) in [5.41, 5.74) is 6.06. The van der Waals surface area contributed by atoms with E-state index < -0.39 is 4.93 Å². The summed E-state index contributed by atoms with van der Waals surface area (Å²) in [6.45, 7) is 10.1. The van der Waals surface area contributed by atoms with Crippen molar-refractivity contribution < 1.29 is 14.3 Å². The van der Waals surface area contributed by atoms with Crippen molar-refractivity contribution in [1.29, 1.82) is 0 Å². The van der Waals surface area contributed by atoms with Gasteiger partial charge in [0, 0.05) is 5.75 Å². The number of fused-ring (bicyclic) bond motifs is 1. The first-order chi connectivity index (χ1) is 13.7. The molecule has 4 rings (SSSR count). The Bertz CT molecular complexity index is 922. The SMILES string of the molecule is COC(=O)c1ccc(C2(c3ccc4c(c3)C(C)(C)CCC4(C)C)OCCS2)cc1. The lowest BCUT2D eigenvalue weighted by Crippen LogP contribution is -2.34. The highest BCUT2D eigenvalue weighted by Gasteiger charge is 2.43. The van der Waals surface area contributed by atoms with Crippen LogP contribution in [0.15, 0.2) is 42.5 Å². The summed E-state index contributed by atoms with van der Waals surface area (Å²) in [5, 5.41) is 0. The highest BCUT2D eigenvalue weighted by atomic mass is 32.2. The molecule has 1 atom stereocenters. The number of hydrogen-bond acceptors (Lipinski definition) is 4. The molecule has 0 amide bonds. The number of thioether (sulfide) groups is 1. The van der Waals surface area contributed by atoms with E-state index in [0.717, 1.165) is 17.9 Å². The van der Waals surface area contributed by atoms with Crippen LogP contribution in [0.5, 0.6) is 0 Å². The number of hydrogen-bond donors (Lipinski definition) is 0. The van der Waals surface area contributed by atoms with Crippen molar-refractivity contribution in [3.8, 4) is 0 Å². The first kappa shape index (κ1) is 20.5. The van der Waals surface area contributed by atoms with Crippen molar-refractivity contribution in [1.82, 2.24) is 0 Å². The summed E-state index contributed by atoms with van der Waals surface area (Å²) in [6.07, 6.45) is 2.39. The van der Waals surface area contributed by atoms with E-state index in [1.807, 2.05) is 36.0 Å². The van der Waals surface area contributed by atoms with Gasteiger partial charge < -0.3 is 9.47 Å². The first-order valence-corrected chi connectivity index (χ1v) is 11.3. The van der Waals surface area contributed by atoms with Crippen molar-refractivity contribution >= 4 is 17.7 Å². The van der Waals surface area contributed by atoms with Crippen molar-refractivity contribution in [3.05, 3.63) is 70.3 Å². The van der Waals surface area contributed by atoms with Crippen molar-refractivity contribution in [2.75, 3.05) is 19.5 Å². The Morgan fingerprint density at radius 2 is 1.55 bits per heavy atom. The largest absolute Gasteiger partial charge is 0.465 e. The van der Waals surface area contributed by atoms with Gasteiger partial charge in [0.05, 0.1) is 19.3 Å². The molecule has 0 N–H and O–H groups in total. The molecule has 0 aromatic heterocycles. The van der Waals surface area contributed by atoms with Crippen LogP contribution < -0.4 is 0 Å². The van der Waals surface area contributed by atoms with Crippen LogP contribution in [0.3, 0.4) is 0 Å². The van der Waals surface area contributed by atoms with Crippen LogP contribution in [-0.2, 0) is 25.2 Å². The number of carbonyl (C=O) groups excluding carboxylic acids is 1. The van der Waals surface area contributed by atoms with E-state index >= 15 is 0 Å². The first-order valence-electron chi connectivity index (χ1n) is 10.3. The van der Waals surface area contributed by atoms with E-state index in [4.69, 9.17) is 9.47 Å². The second-order valence-electron chi connectivity index (χ2n) is 9.41. The molecule has 1 aliphatic carbocycles. The molecule has 3 nitrogen and oxygen atoms in total. The van der Waals surface area contributed by atoms with Crippen molar-refractivity contribution in [2.24, 2.45) is 0 Å². The molecule has 1 saturated heterocycles. The average molecular weight is 411 g/mol. The third-order valence-electron chi connectivity index (χ3n) is 6.61. The molecule has 1 heterocycles.